The van der Waals surface area contributed by atoms with Gasteiger partial charge in [-0.15, -0.1) is 0 Å². The van der Waals surface area contributed by atoms with Crippen LogP contribution in [0.1, 0.15) is 53.7 Å². The Hall–Kier alpha value is -4.13. The average molecular weight is 498 g/mol. The first kappa shape index (κ1) is 24.6. The number of amides is 4. The molecule has 1 aliphatic carbocycles. The molecule has 1 fully saturated rings. The fourth-order valence-electron chi connectivity index (χ4n) is 5.14. The SMILES string of the molecule is Cc1ccc([C@]2(c3ccccc3)NC(=O)N(CC(=O)N(Cc3ccco3)C3=CCCCC3)C2=O)cc1C. The Bertz CT molecular complexity index is 1350. The molecule has 0 bridgehead atoms. The van der Waals surface area contributed by atoms with Crippen LogP contribution in [0.4, 0.5) is 4.79 Å². The molecule has 0 radical (unpaired) electrons. The van der Waals surface area contributed by atoms with E-state index in [4.69, 9.17) is 4.42 Å². The third-order valence-corrected chi connectivity index (χ3v) is 7.35. The Morgan fingerprint density at radius 1 is 1.00 bits per heavy atom. The number of nitrogens with one attached hydrogen (secondary N) is 1. The van der Waals surface area contributed by atoms with Crippen LogP contribution in [0.3, 0.4) is 0 Å². The van der Waals surface area contributed by atoms with Crippen LogP contribution in [0.2, 0.25) is 0 Å². The van der Waals surface area contributed by atoms with Gasteiger partial charge in [-0.3, -0.25) is 14.5 Å². The third kappa shape index (κ3) is 4.57. The summed E-state index contributed by atoms with van der Waals surface area (Å²) in [4.78, 5) is 43.8. The van der Waals surface area contributed by atoms with Gasteiger partial charge in [0.1, 0.15) is 12.3 Å². The number of carbonyl (C=O) groups excluding carboxylic acids is 3. The molecule has 7 nitrogen and oxygen atoms in total. The molecule has 1 saturated heterocycles. The van der Waals surface area contributed by atoms with Gasteiger partial charge in [0, 0.05) is 5.70 Å². The Labute approximate surface area is 216 Å². The highest BCUT2D eigenvalue weighted by molar-refractivity contribution is 6.11. The molecule has 2 aromatic carbocycles. The molecule has 5 rings (SSSR count). The van der Waals surface area contributed by atoms with Gasteiger partial charge < -0.3 is 14.6 Å². The molecule has 190 valence electrons. The van der Waals surface area contributed by atoms with Gasteiger partial charge in [-0.2, -0.15) is 0 Å². The van der Waals surface area contributed by atoms with Crippen LogP contribution in [-0.2, 0) is 21.7 Å². The molecule has 1 aliphatic heterocycles. The molecule has 1 N–H and O–H groups in total. The highest BCUT2D eigenvalue weighted by Gasteiger charge is 2.54. The first-order valence-corrected chi connectivity index (χ1v) is 12.7. The van der Waals surface area contributed by atoms with Crippen LogP contribution in [0, 0.1) is 13.8 Å². The molecule has 1 atom stereocenters. The van der Waals surface area contributed by atoms with Gasteiger partial charge in [0.05, 0.1) is 12.8 Å². The number of hydrogen-bond acceptors (Lipinski definition) is 4. The van der Waals surface area contributed by atoms with Gasteiger partial charge in [-0.1, -0.05) is 54.6 Å². The Balaban J connectivity index is 1.49. The molecule has 0 spiro atoms. The minimum atomic E-state index is -1.41. The lowest BCUT2D eigenvalue weighted by atomic mass is 9.81. The topological polar surface area (TPSA) is 82.9 Å². The zero-order valence-electron chi connectivity index (χ0n) is 21.2. The molecular formula is C30H31N3O4. The third-order valence-electron chi connectivity index (χ3n) is 7.35. The van der Waals surface area contributed by atoms with E-state index in [1.807, 2.05) is 68.4 Å². The number of hydrogen-bond donors (Lipinski definition) is 1. The number of allylic oxidation sites excluding steroid dienone is 2. The monoisotopic (exact) mass is 497 g/mol. The quantitative estimate of drug-likeness (QED) is 0.456. The van der Waals surface area contributed by atoms with Crippen LogP contribution < -0.4 is 5.32 Å². The summed E-state index contributed by atoms with van der Waals surface area (Å²) in [7, 11) is 0. The van der Waals surface area contributed by atoms with E-state index in [0.29, 0.717) is 16.9 Å². The van der Waals surface area contributed by atoms with Crippen LogP contribution in [0.25, 0.3) is 0 Å². The predicted octanol–water partition coefficient (Wildman–Crippen LogP) is 5.18. The summed E-state index contributed by atoms with van der Waals surface area (Å²) in [6.45, 7) is 3.87. The largest absolute Gasteiger partial charge is 0.467 e. The number of aryl methyl sites for hydroxylation is 2. The minimum absolute atomic E-state index is 0.252. The zero-order valence-corrected chi connectivity index (χ0v) is 21.2. The summed E-state index contributed by atoms with van der Waals surface area (Å²) in [6, 6.07) is 18.0. The normalized spacial score (nSPS) is 19.5. The lowest BCUT2D eigenvalue weighted by Crippen LogP contribution is -2.46. The lowest BCUT2D eigenvalue weighted by molar-refractivity contribution is -0.138. The smallest absolute Gasteiger partial charge is 0.326 e. The highest BCUT2D eigenvalue weighted by Crippen LogP contribution is 2.37. The molecule has 3 aromatic rings. The maximum absolute atomic E-state index is 14.1. The van der Waals surface area contributed by atoms with Crippen LogP contribution >= 0.6 is 0 Å². The van der Waals surface area contributed by atoms with E-state index in [1.54, 1.807) is 17.2 Å². The molecule has 4 amide bonds. The van der Waals surface area contributed by atoms with Crippen molar-refractivity contribution in [1.82, 2.24) is 15.1 Å². The second-order valence-corrected chi connectivity index (χ2v) is 9.74. The van der Waals surface area contributed by atoms with Crippen molar-refractivity contribution in [2.75, 3.05) is 6.54 Å². The van der Waals surface area contributed by atoms with Crippen molar-refractivity contribution in [2.45, 2.75) is 51.6 Å². The Morgan fingerprint density at radius 3 is 2.49 bits per heavy atom. The van der Waals surface area contributed by atoms with E-state index in [-0.39, 0.29) is 19.0 Å². The van der Waals surface area contributed by atoms with Crippen molar-refractivity contribution < 1.29 is 18.8 Å². The predicted molar refractivity (Wildman–Crippen MR) is 139 cm³/mol. The zero-order chi connectivity index (χ0) is 26.0. The van der Waals surface area contributed by atoms with Gasteiger partial charge in [-0.05, 0) is 73.9 Å². The number of carbonyl (C=O) groups is 3. The molecule has 7 heteroatoms. The maximum atomic E-state index is 14.1. The number of nitrogens with zero attached hydrogens (tertiary/aromatic N) is 2. The van der Waals surface area contributed by atoms with E-state index in [9.17, 15) is 14.4 Å². The van der Waals surface area contributed by atoms with Crippen molar-refractivity contribution >= 4 is 17.8 Å². The van der Waals surface area contributed by atoms with Gasteiger partial charge in [0.25, 0.3) is 5.91 Å². The number of rotatable bonds is 7. The number of benzene rings is 2. The second kappa shape index (κ2) is 10.1. The summed E-state index contributed by atoms with van der Waals surface area (Å²) in [5.41, 5.74) is 2.91. The summed E-state index contributed by atoms with van der Waals surface area (Å²) in [5.74, 6) is -0.140. The van der Waals surface area contributed by atoms with Crippen molar-refractivity contribution in [3.05, 3.63) is 107 Å². The number of furan rings is 1. The van der Waals surface area contributed by atoms with Gasteiger partial charge in [0.2, 0.25) is 5.91 Å². The Morgan fingerprint density at radius 2 is 1.81 bits per heavy atom. The average Bonchev–Trinajstić information content (AvgIpc) is 3.52. The minimum Gasteiger partial charge on any atom is -0.467 e. The van der Waals surface area contributed by atoms with Crippen LogP contribution in [0.5, 0.6) is 0 Å². The van der Waals surface area contributed by atoms with Gasteiger partial charge in [-0.25, -0.2) is 4.79 Å². The number of urea groups is 1. The number of imide groups is 1. The van der Waals surface area contributed by atoms with E-state index < -0.39 is 17.5 Å². The van der Waals surface area contributed by atoms with Crippen molar-refractivity contribution in [1.29, 1.82) is 0 Å². The van der Waals surface area contributed by atoms with E-state index >= 15 is 0 Å². The first-order chi connectivity index (χ1) is 17.9. The Kier molecular flexibility index (Phi) is 6.70. The molecule has 2 heterocycles. The summed E-state index contributed by atoms with van der Waals surface area (Å²) < 4.78 is 5.51. The highest BCUT2D eigenvalue weighted by atomic mass is 16.3. The van der Waals surface area contributed by atoms with Gasteiger partial charge in [0.15, 0.2) is 5.54 Å². The molecule has 2 aliphatic rings. The molecule has 0 unspecified atom stereocenters. The lowest BCUT2D eigenvalue weighted by Gasteiger charge is -2.30. The molecule has 0 saturated carbocycles. The maximum Gasteiger partial charge on any atom is 0.326 e. The summed E-state index contributed by atoms with van der Waals surface area (Å²) in [5, 5.41) is 2.95. The van der Waals surface area contributed by atoms with Crippen molar-refractivity contribution in [3.8, 4) is 0 Å². The second-order valence-electron chi connectivity index (χ2n) is 9.74. The van der Waals surface area contributed by atoms with Crippen LogP contribution in [0.15, 0.2) is 83.1 Å². The van der Waals surface area contributed by atoms with Gasteiger partial charge >= 0.3 is 6.03 Å². The fourth-order valence-corrected chi connectivity index (χ4v) is 5.14. The summed E-state index contributed by atoms with van der Waals surface area (Å²) >= 11 is 0. The van der Waals surface area contributed by atoms with Crippen molar-refractivity contribution in [3.63, 3.8) is 0 Å². The standard InChI is InChI=1S/C30H31N3O4/c1-21-15-16-24(18-22(21)2)30(23-10-5-3-6-11-23)28(35)33(29(36)31-30)20-27(34)32(19-26-14-9-17-37-26)25-12-7-4-8-13-25/h3,5-6,9-12,14-18H,4,7-8,13,19-20H2,1-2H3,(H,31,36)/t30-/m0/s1. The first-order valence-electron chi connectivity index (χ1n) is 12.7. The van der Waals surface area contributed by atoms with E-state index in [0.717, 1.165) is 47.4 Å². The molecule has 37 heavy (non-hydrogen) atoms. The van der Waals surface area contributed by atoms with Crippen LogP contribution in [-0.4, -0.2) is 34.2 Å². The molecule has 1 aromatic heterocycles. The fraction of sp³-hybridized carbons (Fsp3) is 0.300. The van der Waals surface area contributed by atoms with E-state index in [1.165, 1.54) is 0 Å². The summed E-state index contributed by atoms with van der Waals surface area (Å²) in [6.07, 6.45) is 7.37. The van der Waals surface area contributed by atoms with E-state index in [2.05, 4.69) is 11.4 Å². The van der Waals surface area contributed by atoms with Crippen molar-refractivity contribution in [2.24, 2.45) is 0 Å². The molecular weight excluding hydrogens is 466 g/mol.